The highest BCUT2D eigenvalue weighted by molar-refractivity contribution is 5.74. The molecule has 0 aliphatic carbocycles. The van der Waals surface area contributed by atoms with Crippen LogP contribution in [0.5, 0.6) is 0 Å². The molecule has 0 bridgehead atoms. The summed E-state index contributed by atoms with van der Waals surface area (Å²) in [5.74, 6) is 0.0789. The number of likely N-dealkylation sites (N-methyl/N-ethyl adjacent to an activating group) is 1. The monoisotopic (exact) mass is 345 g/mol. The molecule has 1 fully saturated rings. The zero-order valence-electron chi connectivity index (χ0n) is 14.0. The Hall–Kier alpha value is -1.90. The summed E-state index contributed by atoms with van der Waals surface area (Å²) < 4.78 is 38.2. The van der Waals surface area contributed by atoms with Gasteiger partial charge in [-0.05, 0) is 33.5 Å². The first-order valence-electron chi connectivity index (χ1n) is 7.78. The number of nitrogens with zero attached hydrogens (tertiary/aromatic N) is 4. The first kappa shape index (κ1) is 18.4. The van der Waals surface area contributed by atoms with Crippen LogP contribution in [0.4, 0.5) is 18.0 Å². The number of hydrogen-bond acceptors (Lipinski definition) is 4. The van der Waals surface area contributed by atoms with E-state index in [9.17, 15) is 18.0 Å². The molecular weight excluding hydrogens is 323 g/mol. The summed E-state index contributed by atoms with van der Waals surface area (Å²) in [6.07, 6.45) is -3.43. The molecular formula is C15H22F3N5O. The van der Waals surface area contributed by atoms with Crippen LogP contribution < -0.4 is 5.32 Å². The Kier molecular flexibility index (Phi) is 5.63. The van der Waals surface area contributed by atoms with Gasteiger partial charge in [0.1, 0.15) is 11.5 Å². The molecule has 2 heterocycles. The highest BCUT2D eigenvalue weighted by atomic mass is 19.4. The van der Waals surface area contributed by atoms with Crippen molar-refractivity contribution >= 4 is 6.03 Å². The number of aromatic nitrogens is 2. The number of hydrogen-bond donors (Lipinski definition) is 1. The maximum atomic E-state index is 12.7. The van der Waals surface area contributed by atoms with Crippen LogP contribution in [0.1, 0.15) is 23.6 Å². The number of amides is 2. The van der Waals surface area contributed by atoms with E-state index in [2.05, 4.69) is 20.2 Å². The number of carbonyl (C=O) groups excluding carboxylic acids is 1. The summed E-state index contributed by atoms with van der Waals surface area (Å²) in [7, 11) is 3.94. The van der Waals surface area contributed by atoms with Gasteiger partial charge in [-0.1, -0.05) is 0 Å². The standard InChI is InChI=1S/C15H22F3N5O/c1-10-8-12(15(16,17)18)21-13(20-10)4-6-19-14(24)23-7-5-11(9-23)22(2)3/h8,11H,4-7,9H2,1-3H3,(H,19,24)/t11-/m1/s1. The quantitative estimate of drug-likeness (QED) is 0.902. The summed E-state index contributed by atoms with van der Waals surface area (Å²) in [5, 5.41) is 2.72. The molecule has 24 heavy (non-hydrogen) atoms. The molecule has 0 saturated carbocycles. The van der Waals surface area contributed by atoms with Crippen LogP contribution in [0.2, 0.25) is 0 Å². The smallest absolute Gasteiger partial charge is 0.338 e. The topological polar surface area (TPSA) is 61.4 Å². The molecule has 1 aliphatic rings. The summed E-state index contributed by atoms with van der Waals surface area (Å²) in [5.41, 5.74) is -0.697. The minimum Gasteiger partial charge on any atom is -0.338 e. The summed E-state index contributed by atoms with van der Waals surface area (Å²) in [6.45, 7) is 3.01. The Labute approximate surface area is 139 Å². The van der Waals surface area contributed by atoms with Gasteiger partial charge >= 0.3 is 12.2 Å². The lowest BCUT2D eigenvalue weighted by Gasteiger charge is -2.20. The third-order valence-electron chi connectivity index (χ3n) is 4.00. The van der Waals surface area contributed by atoms with Gasteiger partial charge < -0.3 is 15.1 Å². The molecule has 1 atom stereocenters. The van der Waals surface area contributed by atoms with Gasteiger partial charge in [-0.2, -0.15) is 13.2 Å². The second-order valence-electron chi connectivity index (χ2n) is 6.14. The molecule has 9 heteroatoms. The number of halogens is 3. The molecule has 0 radical (unpaired) electrons. The van der Waals surface area contributed by atoms with Gasteiger partial charge in [0.2, 0.25) is 0 Å². The van der Waals surface area contributed by atoms with E-state index < -0.39 is 11.9 Å². The van der Waals surface area contributed by atoms with Crippen LogP contribution in [-0.4, -0.2) is 65.6 Å². The minimum atomic E-state index is -4.50. The highest BCUT2D eigenvalue weighted by Crippen LogP contribution is 2.27. The maximum absolute atomic E-state index is 12.7. The van der Waals surface area contributed by atoms with E-state index in [4.69, 9.17) is 0 Å². The fourth-order valence-corrected chi connectivity index (χ4v) is 2.63. The Bertz CT molecular complexity index is 591. The van der Waals surface area contributed by atoms with Crippen LogP contribution in [0, 0.1) is 6.92 Å². The van der Waals surface area contributed by atoms with E-state index in [1.165, 1.54) is 6.92 Å². The van der Waals surface area contributed by atoms with Crippen molar-refractivity contribution in [3.8, 4) is 0 Å². The van der Waals surface area contributed by atoms with Crippen molar-refractivity contribution in [2.24, 2.45) is 0 Å². The van der Waals surface area contributed by atoms with Crippen molar-refractivity contribution in [1.82, 2.24) is 25.1 Å². The predicted molar refractivity (Wildman–Crippen MR) is 82.5 cm³/mol. The van der Waals surface area contributed by atoms with Crippen LogP contribution in [0.3, 0.4) is 0 Å². The van der Waals surface area contributed by atoms with E-state index in [-0.39, 0.29) is 30.5 Å². The highest BCUT2D eigenvalue weighted by Gasteiger charge is 2.33. The van der Waals surface area contributed by atoms with Crippen molar-refractivity contribution in [3.63, 3.8) is 0 Å². The molecule has 1 N–H and O–H groups in total. The molecule has 134 valence electrons. The molecule has 6 nitrogen and oxygen atoms in total. The molecule has 0 aromatic carbocycles. The van der Waals surface area contributed by atoms with Gasteiger partial charge in [0.15, 0.2) is 0 Å². The third-order valence-corrected chi connectivity index (χ3v) is 4.00. The summed E-state index contributed by atoms with van der Waals surface area (Å²) in [6, 6.07) is 1.04. The van der Waals surface area contributed by atoms with Crippen LogP contribution in [-0.2, 0) is 12.6 Å². The second kappa shape index (κ2) is 7.33. The second-order valence-corrected chi connectivity index (χ2v) is 6.14. The van der Waals surface area contributed by atoms with Crippen molar-refractivity contribution < 1.29 is 18.0 Å². The summed E-state index contributed by atoms with van der Waals surface area (Å²) in [4.78, 5) is 23.4. The van der Waals surface area contributed by atoms with E-state index >= 15 is 0 Å². The largest absolute Gasteiger partial charge is 0.433 e. The zero-order chi connectivity index (χ0) is 17.9. The van der Waals surface area contributed by atoms with Crippen LogP contribution in [0.15, 0.2) is 6.07 Å². The molecule has 1 aromatic heterocycles. The van der Waals surface area contributed by atoms with Crippen molar-refractivity contribution in [2.45, 2.75) is 32.0 Å². The number of aryl methyl sites for hydroxylation is 1. The lowest BCUT2D eigenvalue weighted by molar-refractivity contribution is -0.141. The average molecular weight is 345 g/mol. The third kappa shape index (κ3) is 4.80. The number of alkyl halides is 3. The molecule has 2 rings (SSSR count). The van der Waals surface area contributed by atoms with E-state index in [0.29, 0.717) is 19.1 Å². The number of carbonyl (C=O) groups is 1. The maximum Gasteiger partial charge on any atom is 0.433 e. The fraction of sp³-hybridized carbons (Fsp3) is 0.667. The minimum absolute atomic E-state index is 0.0789. The normalized spacial score (nSPS) is 18.3. The summed E-state index contributed by atoms with van der Waals surface area (Å²) >= 11 is 0. The molecule has 0 unspecified atom stereocenters. The number of nitrogens with one attached hydrogen (secondary N) is 1. The fourth-order valence-electron chi connectivity index (χ4n) is 2.63. The van der Waals surface area contributed by atoms with Crippen molar-refractivity contribution in [3.05, 3.63) is 23.3 Å². The Morgan fingerprint density at radius 3 is 2.71 bits per heavy atom. The molecule has 1 saturated heterocycles. The Balaban J connectivity index is 1.86. The Morgan fingerprint density at radius 1 is 1.42 bits per heavy atom. The number of rotatable bonds is 4. The zero-order valence-corrected chi connectivity index (χ0v) is 14.0. The van der Waals surface area contributed by atoms with E-state index in [1.807, 2.05) is 14.1 Å². The SMILES string of the molecule is Cc1cc(C(F)(F)F)nc(CCNC(=O)N2CC[C@@H](N(C)C)C2)n1. The first-order chi connectivity index (χ1) is 11.2. The van der Waals surface area contributed by atoms with Gasteiger partial charge in [0.25, 0.3) is 0 Å². The molecule has 1 aromatic rings. The lowest BCUT2D eigenvalue weighted by atomic mass is 10.2. The van der Waals surface area contributed by atoms with Gasteiger partial charge in [-0.25, -0.2) is 14.8 Å². The average Bonchev–Trinajstić information content (AvgIpc) is 2.95. The Morgan fingerprint density at radius 2 is 2.12 bits per heavy atom. The van der Waals surface area contributed by atoms with Crippen LogP contribution >= 0.6 is 0 Å². The van der Waals surface area contributed by atoms with Gasteiger partial charge in [0.05, 0.1) is 0 Å². The molecule has 2 amide bonds. The van der Waals surface area contributed by atoms with Gasteiger partial charge in [-0.3, -0.25) is 0 Å². The van der Waals surface area contributed by atoms with Gasteiger partial charge in [-0.15, -0.1) is 0 Å². The molecule has 0 spiro atoms. The number of likely N-dealkylation sites (tertiary alicyclic amines) is 1. The van der Waals surface area contributed by atoms with Gasteiger partial charge in [0, 0.05) is 37.8 Å². The first-order valence-corrected chi connectivity index (χ1v) is 7.78. The van der Waals surface area contributed by atoms with Crippen LogP contribution in [0.25, 0.3) is 0 Å². The molecule has 1 aliphatic heterocycles. The lowest BCUT2D eigenvalue weighted by Crippen LogP contribution is -2.41. The van der Waals surface area contributed by atoms with E-state index in [0.717, 1.165) is 12.5 Å². The van der Waals surface area contributed by atoms with Crippen molar-refractivity contribution in [2.75, 3.05) is 33.7 Å². The number of urea groups is 1. The van der Waals surface area contributed by atoms with E-state index in [1.54, 1.807) is 4.90 Å². The van der Waals surface area contributed by atoms with Crippen molar-refractivity contribution in [1.29, 1.82) is 0 Å². The predicted octanol–water partition coefficient (Wildman–Crippen LogP) is 1.69.